The zero-order chi connectivity index (χ0) is 90.5. The quantitative estimate of drug-likeness (QED) is 0.0224. The topological polar surface area (TPSA) is 467 Å². The fourth-order valence-corrected chi connectivity index (χ4v) is 15.4. The molecule has 9 aromatic carbocycles. The van der Waals surface area contributed by atoms with Gasteiger partial charge in [0.2, 0.25) is 5.82 Å². The summed E-state index contributed by atoms with van der Waals surface area (Å²) in [6, 6.07) is 73.5. The lowest BCUT2D eigenvalue weighted by Crippen LogP contribution is -2.52. The second kappa shape index (κ2) is 39.7. The molecule has 128 heavy (non-hydrogen) atoms. The monoisotopic (exact) mass is 1730 g/mol. The molecule has 5 aliphatic carbocycles. The number of hydrogen-bond donors (Lipinski definition) is 9. The Kier molecular flexibility index (Phi) is 27.7. The van der Waals surface area contributed by atoms with Crippen molar-refractivity contribution < 1.29 is 76.5 Å². The number of ether oxygens (including phenoxy) is 1. The maximum absolute atomic E-state index is 12.4. The van der Waals surface area contributed by atoms with E-state index >= 15 is 0 Å². The minimum atomic E-state index is -1.09. The molecule has 3 aliphatic heterocycles. The second-order valence-electron chi connectivity index (χ2n) is 32.6. The molecular formula is C95H93FN16O16. The van der Waals surface area contributed by atoms with E-state index < -0.39 is 34.1 Å². The zero-order valence-electron chi connectivity index (χ0n) is 69.8. The Morgan fingerprint density at radius 2 is 0.891 bits per heavy atom. The van der Waals surface area contributed by atoms with Crippen LogP contribution in [0.5, 0.6) is 0 Å². The molecule has 4 aromatic heterocycles. The number of halogens is 1. The summed E-state index contributed by atoms with van der Waals surface area (Å²) >= 11 is 0. The molecule has 21 rings (SSSR count). The molecule has 7 heterocycles. The number of nitro benzene ring substituents is 1. The average Bonchev–Trinajstić information content (AvgIpc) is 1.62. The summed E-state index contributed by atoms with van der Waals surface area (Å²) in [5.74, 6) is -2.31. The SMILES string of the molecule is CC(C)(C)OC(=O)NC1CC(O)C1.NC1CC(N2C(=O)c3ccccc3C2=O)C1.NC1CC(n2cnc3ccccc32)C1.Nc1ccccc1NC1CC(N2C(=O)c3ccccc3C2=O)C1.O=C(NC1CC(n2cnc3ccccc32)C1)c1cc(-c2ccccc2)on1.O=C(O)c1cc(-c2ccccc2)on1.O=C1NC(=O)c2ccccc21.O=[N+]([O-])c1ccccc1F. The number of aliphatic hydroxyl groups excluding tert-OH is 1. The lowest BCUT2D eigenvalue weighted by molar-refractivity contribution is -0.387. The number of nitrogens with two attached hydrogens (primary N) is 3. The number of amides is 8. The fourth-order valence-electron chi connectivity index (χ4n) is 15.4. The number of para-hydroxylation sites is 7. The van der Waals surface area contributed by atoms with E-state index in [0.29, 0.717) is 87.2 Å². The van der Waals surface area contributed by atoms with Gasteiger partial charge in [-0.1, -0.05) is 156 Å². The van der Waals surface area contributed by atoms with Gasteiger partial charge in [-0.15, -0.1) is 0 Å². The van der Waals surface area contributed by atoms with Crippen molar-refractivity contribution in [3.63, 3.8) is 0 Å². The number of carbonyl (C=O) groups is 9. The number of aromatic nitrogens is 6. The number of aromatic carboxylic acids is 1. The zero-order valence-corrected chi connectivity index (χ0v) is 69.8. The summed E-state index contributed by atoms with van der Waals surface area (Å²) in [6.45, 7) is 5.46. The highest BCUT2D eigenvalue weighted by molar-refractivity contribution is 6.23. The summed E-state index contributed by atoms with van der Waals surface area (Å²) in [4.78, 5) is 126. The summed E-state index contributed by atoms with van der Waals surface area (Å²) < 4.78 is 32.1. The normalized spacial score (nSPS) is 20.3. The Labute approximate surface area is 732 Å². The van der Waals surface area contributed by atoms with Crippen LogP contribution in [0.1, 0.15) is 180 Å². The number of carboxylic acid groups (broad SMARTS) is 1. The number of fused-ring (bicyclic) bond motifs is 5. The Morgan fingerprint density at radius 3 is 1.33 bits per heavy atom. The molecule has 8 amide bonds. The highest BCUT2D eigenvalue weighted by Crippen LogP contribution is 2.39. The summed E-state index contributed by atoms with van der Waals surface area (Å²) in [6.07, 6.45) is 11.3. The van der Waals surface area contributed by atoms with Crippen LogP contribution in [0.3, 0.4) is 0 Å². The van der Waals surface area contributed by atoms with E-state index in [0.717, 1.165) is 96.9 Å². The van der Waals surface area contributed by atoms with Crippen molar-refractivity contribution in [3.8, 4) is 22.6 Å². The molecule has 5 fully saturated rings. The number of aliphatic hydroxyl groups is 1. The number of rotatable bonds is 13. The predicted molar refractivity (Wildman–Crippen MR) is 472 cm³/mol. The largest absolute Gasteiger partial charge is 0.476 e. The van der Waals surface area contributed by atoms with Crippen LogP contribution in [0, 0.1) is 15.9 Å². The second-order valence-corrected chi connectivity index (χ2v) is 32.6. The van der Waals surface area contributed by atoms with Gasteiger partial charge < -0.3 is 66.3 Å². The first-order valence-electron chi connectivity index (χ1n) is 41.6. The summed E-state index contributed by atoms with van der Waals surface area (Å²) in [5.41, 5.74) is 27.5. The number of carboxylic acids is 1. The Hall–Kier alpha value is -15.2. The molecule has 33 heteroatoms. The number of nitro groups is 1. The van der Waals surface area contributed by atoms with E-state index in [2.05, 4.69) is 68.9 Å². The molecule has 32 nitrogen and oxygen atoms in total. The molecule has 13 aromatic rings. The molecule has 0 atom stereocenters. The number of carbonyl (C=O) groups excluding carboxylic acids is 8. The van der Waals surface area contributed by atoms with E-state index in [1.807, 2.05) is 149 Å². The van der Waals surface area contributed by atoms with Crippen LogP contribution in [-0.2, 0) is 4.74 Å². The minimum absolute atomic E-state index is 0.00222. The van der Waals surface area contributed by atoms with Gasteiger partial charge in [0.25, 0.3) is 41.4 Å². The van der Waals surface area contributed by atoms with Gasteiger partial charge in [0, 0.05) is 83.7 Å². The van der Waals surface area contributed by atoms with Crippen molar-refractivity contribution in [3.05, 3.63) is 316 Å². The fraction of sp³-hybridized carbons (Fsp3) is 0.253. The number of alkyl carbamates (subject to hydrolysis) is 1. The van der Waals surface area contributed by atoms with E-state index in [1.54, 1.807) is 78.9 Å². The van der Waals surface area contributed by atoms with Gasteiger partial charge >= 0.3 is 17.7 Å². The minimum Gasteiger partial charge on any atom is -0.476 e. The van der Waals surface area contributed by atoms with Crippen molar-refractivity contribution >= 4 is 92.5 Å². The molecule has 0 saturated heterocycles. The highest BCUT2D eigenvalue weighted by atomic mass is 19.1. The number of imide groups is 3. The smallest absolute Gasteiger partial charge is 0.407 e. The third-order valence-electron chi connectivity index (χ3n) is 22.4. The van der Waals surface area contributed by atoms with E-state index in [1.165, 1.54) is 33.5 Å². The van der Waals surface area contributed by atoms with E-state index in [4.69, 9.17) is 41.2 Å². The van der Waals surface area contributed by atoms with E-state index in [9.17, 15) is 57.7 Å². The molecule has 656 valence electrons. The van der Waals surface area contributed by atoms with Crippen molar-refractivity contribution in [1.29, 1.82) is 0 Å². The number of imidazole rings is 2. The van der Waals surface area contributed by atoms with Crippen LogP contribution < -0.4 is 38.5 Å². The van der Waals surface area contributed by atoms with Gasteiger partial charge in [0.1, 0.15) is 5.60 Å². The summed E-state index contributed by atoms with van der Waals surface area (Å²) in [7, 11) is 0. The molecule has 5 saturated carbocycles. The van der Waals surface area contributed by atoms with Gasteiger partial charge in [-0.25, -0.2) is 19.6 Å². The average molecular weight is 1730 g/mol. The van der Waals surface area contributed by atoms with Gasteiger partial charge in [0.05, 0.1) is 90.5 Å². The number of nitrogen functional groups attached to an aromatic ring is 1. The molecule has 0 bridgehead atoms. The Bertz CT molecular complexity index is 6120. The maximum atomic E-state index is 12.4. The van der Waals surface area contributed by atoms with E-state index in [-0.39, 0.29) is 89.4 Å². The van der Waals surface area contributed by atoms with Gasteiger partial charge in [-0.2, -0.15) is 4.39 Å². The molecule has 0 unspecified atom stereocenters. The lowest BCUT2D eigenvalue weighted by Gasteiger charge is -2.40. The van der Waals surface area contributed by atoms with Crippen LogP contribution in [-0.4, -0.2) is 162 Å². The molecular weight excluding hydrogens is 1640 g/mol. The Morgan fingerprint density at radius 1 is 0.500 bits per heavy atom. The molecule has 12 N–H and O–H groups in total. The van der Waals surface area contributed by atoms with Crippen LogP contribution in [0.2, 0.25) is 0 Å². The van der Waals surface area contributed by atoms with Crippen LogP contribution >= 0.6 is 0 Å². The van der Waals surface area contributed by atoms with Crippen molar-refractivity contribution in [1.82, 2.24) is 55.2 Å². The first-order valence-corrected chi connectivity index (χ1v) is 41.6. The molecule has 8 aliphatic rings. The maximum Gasteiger partial charge on any atom is 0.407 e. The number of nitrogens with zero attached hydrogens (tertiary/aromatic N) is 9. The molecule has 0 spiro atoms. The lowest BCUT2D eigenvalue weighted by atomic mass is 9.85. The number of hydrogen-bond acceptors (Lipinski definition) is 23. The first-order chi connectivity index (χ1) is 61.6. The third kappa shape index (κ3) is 21.2. The van der Waals surface area contributed by atoms with Gasteiger partial charge in [-0.05, 0) is 164 Å². The van der Waals surface area contributed by atoms with Crippen molar-refractivity contribution in [2.24, 2.45) is 11.5 Å². The van der Waals surface area contributed by atoms with Crippen molar-refractivity contribution in [2.75, 3.05) is 11.1 Å². The van der Waals surface area contributed by atoms with Crippen molar-refractivity contribution in [2.45, 2.75) is 151 Å². The Balaban J connectivity index is 0.000000121. The first kappa shape index (κ1) is 89.1. The van der Waals surface area contributed by atoms with Gasteiger partial charge in [0.15, 0.2) is 22.9 Å². The molecule has 0 radical (unpaired) electrons. The van der Waals surface area contributed by atoms with Gasteiger partial charge in [-0.3, -0.25) is 58.8 Å². The standard InChI is InChI=1S/C21H18N4O2.C18H17N3O2.C12H12N2O2.C11H13N3.C10H7NO3.C9H17NO3.C8H5NO2.C6H4FNO2/c26-21(18-12-20(27-24-18)14-6-2-1-3-7-14)23-15-10-16(11-15)25-13-22-17-8-4-5-9-19(17)25;19-15-7-3-4-8-16(15)20-11-9-12(10-11)21-17(22)13-5-1-2-6-14(13)18(21)23;13-7-5-8(6-7)14-11(15)9-3-1-2-4-10(9)12(14)16;12-8-5-9(6-8)14-7-13-10-3-1-2-4-11(10)14;12-10(13)8-6-9(14-11-8)7-4-2-1-3-5-7;1-9(2,3)13-8(12)10-6-4-7(11)5-6;10-7-5-3-1-2-4-6(5)8(11)9-7;7-5-3-1-2-4-6(5)8(9)10/h1-9,12-13,15-16H,10-11H2,(H,23,26);1-8,11-12,20H,9-10,19H2;1-4,7-8H,5-6,13H2;1-4,7-9H,5-6,12H2;1-6H,(H,12,13);6-7,11H,4-5H2,1-3H3,(H,10,12);1-4H,(H,9,10,11);1-4H. The van der Waals surface area contributed by atoms with Crippen LogP contribution in [0.4, 0.5) is 26.2 Å². The predicted octanol–water partition coefficient (Wildman–Crippen LogP) is 14.2. The van der Waals surface area contributed by atoms with Crippen LogP contribution in [0.15, 0.2) is 264 Å². The third-order valence-corrected chi connectivity index (χ3v) is 22.4. The number of benzene rings is 9. The number of anilines is 2. The van der Waals surface area contributed by atoms with Crippen LogP contribution in [0.25, 0.3) is 44.7 Å². The number of nitrogens with one attached hydrogen (secondary N) is 4. The highest BCUT2D eigenvalue weighted by Gasteiger charge is 2.46. The summed E-state index contributed by atoms with van der Waals surface area (Å²) in [5, 5.41) is 46.2.